The summed E-state index contributed by atoms with van der Waals surface area (Å²) in [5.41, 5.74) is 0.0711. The number of ether oxygens (including phenoxy) is 1. The predicted molar refractivity (Wildman–Crippen MR) is 79.3 cm³/mol. The topological polar surface area (TPSA) is 64.4 Å². The van der Waals surface area contributed by atoms with Gasteiger partial charge in [0.15, 0.2) is 0 Å². The van der Waals surface area contributed by atoms with E-state index in [9.17, 15) is 10.1 Å². The third-order valence-corrected chi connectivity index (χ3v) is 3.89. The van der Waals surface area contributed by atoms with Gasteiger partial charge in [0.05, 0.1) is 4.92 Å². The average molecular weight is 292 g/mol. The minimum absolute atomic E-state index is 0.0711. The molecule has 0 unspecified atom stereocenters. The van der Waals surface area contributed by atoms with Crippen molar-refractivity contribution in [3.05, 3.63) is 56.8 Å². The highest BCUT2D eigenvalue weighted by Gasteiger charge is 2.06. The average Bonchev–Trinajstić information content (AvgIpc) is 2.98. The second kappa shape index (κ2) is 7.02. The first-order valence-electron chi connectivity index (χ1n) is 6.31. The zero-order valence-electron chi connectivity index (χ0n) is 11.1. The fourth-order valence-electron chi connectivity index (χ4n) is 1.75. The summed E-state index contributed by atoms with van der Waals surface area (Å²) in [5, 5.41) is 15.9. The Morgan fingerprint density at radius 3 is 2.70 bits per heavy atom. The molecular formula is C14H16N2O3S. The molecule has 0 aliphatic rings. The zero-order valence-corrected chi connectivity index (χ0v) is 11.9. The lowest BCUT2D eigenvalue weighted by molar-refractivity contribution is -0.384. The summed E-state index contributed by atoms with van der Waals surface area (Å²) in [6, 6.07) is 10.5. The number of thiophene rings is 1. The van der Waals surface area contributed by atoms with Crippen molar-refractivity contribution in [2.24, 2.45) is 0 Å². The highest BCUT2D eigenvalue weighted by molar-refractivity contribution is 7.10. The van der Waals surface area contributed by atoms with Gasteiger partial charge >= 0.3 is 0 Å². The highest BCUT2D eigenvalue weighted by atomic mass is 32.1. The van der Waals surface area contributed by atoms with Crippen LogP contribution in [0.1, 0.15) is 17.8 Å². The molecule has 5 nitrogen and oxygen atoms in total. The van der Waals surface area contributed by atoms with E-state index >= 15 is 0 Å². The van der Waals surface area contributed by atoms with Crippen molar-refractivity contribution < 1.29 is 9.66 Å². The largest absolute Gasteiger partial charge is 0.492 e. The minimum Gasteiger partial charge on any atom is -0.492 e. The maximum absolute atomic E-state index is 10.5. The van der Waals surface area contributed by atoms with Crippen LogP contribution in [-0.4, -0.2) is 18.1 Å². The smallest absolute Gasteiger partial charge is 0.269 e. The molecule has 1 aromatic carbocycles. The first-order chi connectivity index (χ1) is 9.66. The molecule has 0 radical (unpaired) electrons. The van der Waals surface area contributed by atoms with E-state index in [1.165, 1.54) is 17.0 Å². The number of hydrogen-bond donors (Lipinski definition) is 1. The maximum Gasteiger partial charge on any atom is 0.269 e. The van der Waals surface area contributed by atoms with Crippen LogP contribution in [0.2, 0.25) is 0 Å². The second-order valence-corrected chi connectivity index (χ2v) is 5.27. The molecule has 0 saturated carbocycles. The van der Waals surface area contributed by atoms with Crippen molar-refractivity contribution in [3.8, 4) is 5.75 Å². The van der Waals surface area contributed by atoms with E-state index in [2.05, 4.69) is 23.7 Å². The van der Waals surface area contributed by atoms with Crippen molar-refractivity contribution in [2.75, 3.05) is 13.2 Å². The van der Waals surface area contributed by atoms with Gasteiger partial charge in [-0.25, -0.2) is 0 Å². The van der Waals surface area contributed by atoms with Crippen LogP contribution in [0.25, 0.3) is 0 Å². The lowest BCUT2D eigenvalue weighted by Crippen LogP contribution is -2.23. The molecule has 2 rings (SSSR count). The molecule has 2 aromatic rings. The summed E-state index contributed by atoms with van der Waals surface area (Å²) >= 11 is 1.72. The first-order valence-corrected chi connectivity index (χ1v) is 7.19. The summed E-state index contributed by atoms with van der Waals surface area (Å²) in [6.45, 7) is 3.35. The number of nitrogens with zero attached hydrogens (tertiary/aromatic N) is 1. The van der Waals surface area contributed by atoms with Gasteiger partial charge in [-0.2, -0.15) is 0 Å². The number of nitro benzene ring substituents is 1. The van der Waals surface area contributed by atoms with Gasteiger partial charge in [0.25, 0.3) is 5.69 Å². The van der Waals surface area contributed by atoms with E-state index in [4.69, 9.17) is 4.74 Å². The molecule has 6 heteroatoms. The Morgan fingerprint density at radius 2 is 2.10 bits per heavy atom. The Balaban J connectivity index is 1.72. The van der Waals surface area contributed by atoms with Crippen LogP contribution in [0.15, 0.2) is 41.8 Å². The van der Waals surface area contributed by atoms with Gasteiger partial charge in [-0.05, 0) is 30.5 Å². The van der Waals surface area contributed by atoms with Crippen molar-refractivity contribution in [3.63, 3.8) is 0 Å². The number of nitro groups is 1. The summed E-state index contributed by atoms with van der Waals surface area (Å²) < 4.78 is 5.53. The molecule has 0 spiro atoms. The van der Waals surface area contributed by atoms with Crippen LogP contribution in [-0.2, 0) is 0 Å². The molecule has 0 amide bonds. The van der Waals surface area contributed by atoms with Crippen molar-refractivity contribution in [1.82, 2.24) is 5.32 Å². The van der Waals surface area contributed by atoms with Gasteiger partial charge in [0, 0.05) is 29.6 Å². The van der Waals surface area contributed by atoms with E-state index in [0.717, 1.165) is 6.54 Å². The number of rotatable bonds is 7. The second-order valence-electron chi connectivity index (χ2n) is 4.29. The van der Waals surface area contributed by atoms with E-state index in [-0.39, 0.29) is 5.69 Å². The van der Waals surface area contributed by atoms with Crippen LogP contribution in [0.3, 0.4) is 0 Å². The van der Waals surface area contributed by atoms with E-state index in [0.29, 0.717) is 18.4 Å². The number of non-ortho nitro benzene ring substituents is 1. The van der Waals surface area contributed by atoms with Gasteiger partial charge in [0.2, 0.25) is 0 Å². The summed E-state index contributed by atoms with van der Waals surface area (Å²) in [6.07, 6.45) is 0. The third-order valence-electron chi connectivity index (χ3n) is 2.84. The minimum atomic E-state index is -0.423. The Labute approximate surface area is 121 Å². The molecule has 1 N–H and O–H groups in total. The van der Waals surface area contributed by atoms with Gasteiger partial charge < -0.3 is 10.1 Å². The molecule has 0 saturated heterocycles. The van der Waals surface area contributed by atoms with Crippen molar-refractivity contribution >= 4 is 17.0 Å². The van der Waals surface area contributed by atoms with Gasteiger partial charge in [-0.15, -0.1) is 11.3 Å². The monoisotopic (exact) mass is 292 g/mol. The Kier molecular flexibility index (Phi) is 5.09. The fraction of sp³-hybridized carbons (Fsp3) is 0.286. The molecule has 1 aromatic heterocycles. The van der Waals surface area contributed by atoms with E-state index < -0.39 is 4.92 Å². The van der Waals surface area contributed by atoms with E-state index in [1.807, 2.05) is 6.07 Å². The molecular weight excluding hydrogens is 276 g/mol. The number of benzene rings is 1. The summed E-state index contributed by atoms with van der Waals surface area (Å²) in [5.74, 6) is 0.640. The molecule has 0 aliphatic heterocycles. The molecule has 106 valence electrons. The third kappa shape index (κ3) is 4.04. The summed E-state index contributed by atoms with van der Waals surface area (Å²) in [7, 11) is 0. The predicted octanol–water partition coefficient (Wildman–Crippen LogP) is 3.39. The fourth-order valence-corrected chi connectivity index (χ4v) is 2.51. The zero-order chi connectivity index (χ0) is 14.4. The van der Waals surface area contributed by atoms with Crippen LogP contribution >= 0.6 is 11.3 Å². The molecule has 0 bridgehead atoms. The molecule has 0 aliphatic carbocycles. The molecule has 1 heterocycles. The SMILES string of the molecule is C[C@@H](NCCOc1ccc([N+](=O)[O-])cc1)c1cccs1. The Hall–Kier alpha value is -1.92. The lowest BCUT2D eigenvalue weighted by atomic mass is 10.3. The first kappa shape index (κ1) is 14.5. The molecule has 1 atom stereocenters. The van der Waals surface area contributed by atoms with Gasteiger partial charge in [0.1, 0.15) is 12.4 Å². The lowest BCUT2D eigenvalue weighted by Gasteiger charge is -2.12. The Morgan fingerprint density at radius 1 is 1.35 bits per heavy atom. The van der Waals surface area contributed by atoms with Crippen LogP contribution < -0.4 is 10.1 Å². The normalized spacial score (nSPS) is 12.1. The molecule has 0 fully saturated rings. The standard InChI is InChI=1S/C14H16N2O3S/c1-11(14-3-2-10-20-14)15-8-9-19-13-6-4-12(5-7-13)16(17)18/h2-7,10-11,15H,8-9H2,1H3/t11-/m1/s1. The Bertz CT molecular complexity index is 540. The van der Waals surface area contributed by atoms with Crippen LogP contribution in [0.4, 0.5) is 5.69 Å². The maximum atomic E-state index is 10.5. The van der Waals surface area contributed by atoms with Gasteiger partial charge in [-0.3, -0.25) is 10.1 Å². The van der Waals surface area contributed by atoms with E-state index in [1.54, 1.807) is 23.5 Å². The van der Waals surface area contributed by atoms with Crippen LogP contribution in [0.5, 0.6) is 5.75 Å². The number of hydrogen-bond acceptors (Lipinski definition) is 5. The summed E-state index contributed by atoms with van der Waals surface area (Å²) in [4.78, 5) is 11.4. The van der Waals surface area contributed by atoms with Crippen molar-refractivity contribution in [1.29, 1.82) is 0 Å². The number of nitrogens with one attached hydrogen (secondary N) is 1. The van der Waals surface area contributed by atoms with Crippen molar-refractivity contribution in [2.45, 2.75) is 13.0 Å². The molecule has 20 heavy (non-hydrogen) atoms. The highest BCUT2D eigenvalue weighted by Crippen LogP contribution is 2.18. The quantitative estimate of drug-likeness (QED) is 0.482. The van der Waals surface area contributed by atoms with Crippen LogP contribution in [0, 0.1) is 10.1 Å². The van der Waals surface area contributed by atoms with Gasteiger partial charge in [-0.1, -0.05) is 6.07 Å².